The van der Waals surface area contributed by atoms with Gasteiger partial charge in [0, 0.05) is 49.1 Å². The van der Waals surface area contributed by atoms with Gasteiger partial charge in [-0.25, -0.2) is 4.79 Å². The maximum atomic E-state index is 13.8. The Labute approximate surface area is 234 Å². The van der Waals surface area contributed by atoms with Crippen molar-refractivity contribution in [2.24, 2.45) is 5.73 Å². The molecule has 1 saturated heterocycles. The average Bonchev–Trinajstić information content (AvgIpc) is 3.54. The summed E-state index contributed by atoms with van der Waals surface area (Å²) in [6.07, 6.45) is 9.08. The second kappa shape index (κ2) is 13.0. The number of H-pyrrole nitrogens is 2. The van der Waals surface area contributed by atoms with Crippen LogP contribution in [0.4, 0.5) is 0 Å². The molecular formula is C31H40N6O3. The zero-order chi connectivity index (χ0) is 27.9. The number of aromatic nitrogens is 3. The fraction of sp³-hybridized carbons (Fsp3) is 0.452. The van der Waals surface area contributed by atoms with E-state index < -0.39 is 6.04 Å². The number of hydrogen-bond donors (Lipinski definition) is 4. The van der Waals surface area contributed by atoms with Crippen LogP contribution in [0.2, 0.25) is 0 Å². The zero-order valence-corrected chi connectivity index (χ0v) is 23.0. The summed E-state index contributed by atoms with van der Waals surface area (Å²) in [6, 6.07) is 15.1. The summed E-state index contributed by atoms with van der Waals surface area (Å²) >= 11 is 0. The van der Waals surface area contributed by atoms with Gasteiger partial charge in [0.2, 0.25) is 11.8 Å². The molecule has 2 aromatic heterocycles. The summed E-state index contributed by atoms with van der Waals surface area (Å²) in [7, 11) is 0. The monoisotopic (exact) mass is 544 g/mol. The highest BCUT2D eigenvalue weighted by Gasteiger charge is 2.31. The summed E-state index contributed by atoms with van der Waals surface area (Å²) < 4.78 is 1.83. The van der Waals surface area contributed by atoms with Gasteiger partial charge in [0.25, 0.3) is 0 Å². The van der Waals surface area contributed by atoms with Crippen LogP contribution in [0.1, 0.15) is 63.0 Å². The quantitative estimate of drug-likeness (QED) is 0.201. The first-order chi connectivity index (χ1) is 19.5. The molecule has 5 N–H and O–H groups in total. The van der Waals surface area contributed by atoms with Gasteiger partial charge in [-0.1, -0.05) is 49.6 Å². The molecule has 0 radical (unpaired) electrons. The lowest BCUT2D eigenvalue weighted by atomic mass is 10.00. The Hall–Kier alpha value is -3.85. The van der Waals surface area contributed by atoms with E-state index >= 15 is 0 Å². The van der Waals surface area contributed by atoms with E-state index in [0.717, 1.165) is 59.6 Å². The van der Waals surface area contributed by atoms with Gasteiger partial charge in [0.15, 0.2) is 0 Å². The van der Waals surface area contributed by atoms with Crippen LogP contribution in [0.5, 0.6) is 0 Å². The Morgan fingerprint density at radius 3 is 2.45 bits per heavy atom. The number of hydrogen-bond acceptors (Lipinski definition) is 4. The zero-order valence-electron chi connectivity index (χ0n) is 23.0. The highest BCUT2D eigenvalue weighted by Crippen LogP contribution is 2.26. The molecule has 1 aliphatic rings. The van der Waals surface area contributed by atoms with Gasteiger partial charge in [-0.2, -0.15) is 0 Å². The van der Waals surface area contributed by atoms with Crippen molar-refractivity contribution in [2.75, 3.05) is 19.6 Å². The van der Waals surface area contributed by atoms with E-state index in [2.05, 4.69) is 15.3 Å². The Morgan fingerprint density at radius 2 is 1.65 bits per heavy atom. The Bertz CT molecular complexity index is 1490. The third kappa shape index (κ3) is 6.31. The number of amides is 2. The van der Waals surface area contributed by atoms with Crippen LogP contribution in [0.3, 0.4) is 0 Å². The SMILES string of the molecule is NCCCCCCCC(=O)NC(Cc1c[nH]c2ccccc12)C(=O)N1CCC(n2c(=O)[nH]c3ccccc32)CC1. The number of nitrogens with two attached hydrogens (primary N) is 1. The number of aromatic amines is 2. The van der Waals surface area contributed by atoms with Crippen molar-refractivity contribution in [2.45, 2.75) is 69.9 Å². The van der Waals surface area contributed by atoms with E-state index in [1.54, 1.807) is 0 Å². The summed E-state index contributed by atoms with van der Waals surface area (Å²) in [5.74, 6) is -0.149. The van der Waals surface area contributed by atoms with Crippen LogP contribution in [0.15, 0.2) is 59.5 Å². The maximum absolute atomic E-state index is 13.8. The van der Waals surface area contributed by atoms with Crippen molar-refractivity contribution in [3.05, 3.63) is 70.8 Å². The third-order valence-corrected chi connectivity index (χ3v) is 8.11. The molecular weight excluding hydrogens is 504 g/mol. The number of unbranched alkanes of at least 4 members (excludes halogenated alkanes) is 4. The lowest BCUT2D eigenvalue weighted by Gasteiger charge is -2.35. The van der Waals surface area contributed by atoms with Gasteiger partial charge in [-0.15, -0.1) is 0 Å². The van der Waals surface area contributed by atoms with Crippen molar-refractivity contribution in [3.63, 3.8) is 0 Å². The van der Waals surface area contributed by atoms with E-state index in [9.17, 15) is 14.4 Å². The van der Waals surface area contributed by atoms with Crippen LogP contribution in [-0.2, 0) is 16.0 Å². The van der Waals surface area contributed by atoms with E-state index in [1.165, 1.54) is 0 Å². The minimum Gasteiger partial charge on any atom is -0.361 e. The molecule has 5 rings (SSSR count). The number of likely N-dealkylation sites (tertiary alicyclic amines) is 1. The van der Waals surface area contributed by atoms with Crippen LogP contribution >= 0.6 is 0 Å². The molecule has 1 unspecified atom stereocenters. The fourth-order valence-corrected chi connectivity index (χ4v) is 5.95. The number of carbonyl (C=O) groups excluding carboxylic acids is 2. The molecule has 2 aromatic carbocycles. The first-order valence-electron chi connectivity index (χ1n) is 14.6. The molecule has 0 saturated carbocycles. The van der Waals surface area contributed by atoms with Crippen LogP contribution in [0, 0.1) is 0 Å². The largest absolute Gasteiger partial charge is 0.361 e. The molecule has 0 spiro atoms. The van der Waals surface area contributed by atoms with Gasteiger partial charge < -0.3 is 25.9 Å². The number of fused-ring (bicyclic) bond motifs is 2. The number of nitrogens with one attached hydrogen (secondary N) is 3. The van der Waals surface area contributed by atoms with Gasteiger partial charge in [0.1, 0.15) is 6.04 Å². The first kappa shape index (κ1) is 27.7. The van der Waals surface area contributed by atoms with E-state index in [1.807, 2.05) is 64.2 Å². The van der Waals surface area contributed by atoms with Gasteiger partial charge in [-0.3, -0.25) is 14.2 Å². The minimum atomic E-state index is -0.642. The number of para-hydroxylation sites is 3. The maximum Gasteiger partial charge on any atom is 0.326 e. The normalized spacial score (nSPS) is 15.1. The Morgan fingerprint density at radius 1 is 0.950 bits per heavy atom. The molecule has 1 atom stereocenters. The predicted molar refractivity (Wildman–Crippen MR) is 158 cm³/mol. The third-order valence-electron chi connectivity index (χ3n) is 8.11. The standard InChI is InChI=1S/C31H40N6O3/c32-17-9-3-1-2-4-14-29(38)34-27(20-22-21-33-25-11-6-5-10-24(22)25)30(39)36-18-15-23(16-19-36)37-28-13-8-7-12-26(28)35-31(37)40/h5-8,10-13,21,23,27,33H,1-4,9,14-20,32H2,(H,34,38)(H,35,40). The van der Waals surface area contributed by atoms with E-state index in [-0.39, 0.29) is 23.5 Å². The van der Waals surface area contributed by atoms with E-state index in [4.69, 9.17) is 5.73 Å². The predicted octanol–water partition coefficient (Wildman–Crippen LogP) is 4.00. The Balaban J connectivity index is 1.25. The first-order valence-corrected chi connectivity index (χ1v) is 14.6. The molecule has 40 heavy (non-hydrogen) atoms. The number of imidazole rings is 1. The molecule has 1 fully saturated rings. The van der Waals surface area contributed by atoms with Crippen LogP contribution in [-0.4, -0.2) is 56.9 Å². The van der Waals surface area contributed by atoms with Crippen molar-refractivity contribution < 1.29 is 9.59 Å². The average molecular weight is 545 g/mol. The molecule has 0 aliphatic carbocycles. The number of rotatable bonds is 12. The number of nitrogens with zero attached hydrogens (tertiary/aromatic N) is 2. The fourth-order valence-electron chi connectivity index (χ4n) is 5.95. The number of piperidine rings is 1. The van der Waals surface area contributed by atoms with Crippen molar-refractivity contribution in [1.82, 2.24) is 24.8 Å². The second-order valence-corrected chi connectivity index (χ2v) is 10.9. The van der Waals surface area contributed by atoms with Crippen molar-refractivity contribution >= 4 is 33.8 Å². The lowest BCUT2D eigenvalue weighted by molar-refractivity contribution is -0.137. The summed E-state index contributed by atoms with van der Waals surface area (Å²) in [4.78, 5) is 47.5. The highest BCUT2D eigenvalue weighted by molar-refractivity contribution is 5.89. The molecule has 9 heteroatoms. The molecule has 2 amide bonds. The smallest absolute Gasteiger partial charge is 0.326 e. The van der Waals surface area contributed by atoms with Gasteiger partial charge in [-0.05, 0) is 56.0 Å². The summed E-state index contributed by atoms with van der Waals surface area (Å²) in [5.41, 5.74) is 9.20. The van der Waals surface area contributed by atoms with Crippen molar-refractivity contribution in [3.8, 4) is 0 Å². The van der Waals surface area contributed by atoms with Crippen LogP contribution in [0.25, 0.3) is 21.9 Å². The Kier molecular flexibility index (Phi) is 9.01. The highest BCUT2D eigenvalue weighted by atomic mass is 16.2. The molecule has 4 aromatic rings. The second-order valence-electron chi connectivity index (χ2n) is 10.9. The molecule has 3 heterocycles. The van der Waals surface area contributed by atoms with E-state index in [0.29, 0.717) is 45.3 Å². The topological polar surface area (TPSA) is 129 Å². The van der Waals surface area contributed by atoms with Gasteiger partial charge >= 0.3 is 5.69 Å². The molecule has 212 valence electrons. The number of carbonyl (C=O) groups is 2. The minimum absolute atomic E-state index is 0.0219. The van der Waals surface area contributed by atoms with Crippen molar-refractivity contribution in [1.29, 1.82) is 0 Å². The summed E-state index contributed by atoms with van der Waals surface area (Å²) in [5, 5.41) is 4.13. The molecule has 9 nitrogen and oxygen atoms in total. The summed E-state index contributed by atoms with van der Waals surface area (Å²) in [6.45, 7) is 1.78. The van der Waals surface area contributed by atoms with Crippen LogP contribution < -0.4 is 16.7 Å². The number of benzene rings is 2. The lowest BCUT2D eigenvalue weighted by Crippen LogP contribution is -2.52. The molecule has 0 bridgehead atoms. The molecule has 1 aliphatic heterocycles. The van der Waals surface area contributed by atoms with Gasteiger partial charge in [0.05, 0.1) is 11.0 Å².